The van der Waals surface area contributed by atoms with Crippen molar-refractivity contribution < 1.29 is 12.8 Å². The molecule has 0 amide bonds. The number of sulfonamides is 1. The number of aromatic nitrogens is 1. The average molecular weight is 329 g/mol. The Morgan fingerprint density at radius 3 is 2.71 bits per heavy atom. The first kappa shape index (κ1) is 16.0. The van der Waals surface area contributed by atoms with Gasteiger partial charge in [0.25, 0.3) is 0 Å². The molecule has 5 nitrogen and oxygen atoms in total. The van der Waals surface area contributed by atoms with Crippen molar-refractivity contribution >= 4 is 21.4 Å². The minimum absolute atomic E-state index is 0.0426. The van der Waals surface area contributed by atoms with Gasteiger partial charge in [0.15, 0.2) is 0 Å². The minimum Gasteiger partial charge on any atom is -0.316 e. The molecular formula is C13H16FN3O2S2. The second kappa shape index (κ2) is 6.61. The molecule has 0 aliphatic heterocycles. The predicted molar refractivity (Wildman–Crippen MR) is 80.0 cm³/mol. The zero-order chi connectivity index (χ0) is 15.5. The summed E-state index contributed by atoms with van der Waals surface area (Å²) in [6.45, 7) is 2.30. The molecule has 0 bridgehead atoms. The predicted octanol–water partition coefficient (Wildman–Crippen LogP) is 1.79. The summed E-state index contributed by atoms with van der Waals surface area (Å²) < 4.78 is 40.6. The summed E-state index contributed by atoms with van der Waals surface area (Å²) >= 11 is 1.38. The van der Waals surface area contributed by atoms with E-state index >= 15 is 0 Å². The maximum Gasteiger partial charge on any atom is 0.241 e. The smallest absolute Gasteiger partial charge is 0.241 e. The molecule has 0 unspecified atom stereocenters. The standard InChI is InChI=1S/C13H16FN3O2S2/c1-9-12(20-8-16-9)7-17-21(18,19)13-5-11(14)4-3-10(13)6-15-2/h3-5,8,15,17H,6-7H2,1-2H3. The normalized spacial score (nSPS) is 11.8. The zero-order valence-electron chi connectivity index (χ0n) is 11.7. The highest BCUT2D eigenvalue weighted by molar-refractivity contribution is 7.89. The Kier molecular flexibility index (Phi) is 5.04. The van der Waals surface area contributed by atoms with Crippen LogP contribution < -0.4 is 10.0 Å². The van der Waals surface area contributed by atoms with E-state index in [4.69, 9.17) is 0 Å². The molecule has 0 aliphatic carbocycles. The van der Waals surface area contributed by atoms with Gasteiger partial charge in [0, 0.05) is 18.0 Å². The van der Waals surface area contributed by atoms with Crippen LogP contribution in [0.2, 0.25) is 0 Å². The molecule has 0 fully saturated rings. The van der Waals surface area contributed by atoms with E-state index in [0.29, 0.717) is 12.1 Å². The van der Waals surface area contributed by atoms with Gasteiger partial charge in [-0.15, -0.1) is 11.3 Å². The van der Waals surface area contributed by atoms with Crippen LogP contribution in [-0.2, 0) is 23.1 Å². The van der Waals surface area contributed by atoms with Gasteiger partial charge in [0.1, 0.15) is 5.82 Å². The zero-order valence-corrected chi connectivity index (χ0v) is 13.3. The van der Waals surface area contributed by atoms with E-state index in [2.05, 4.69) is 15.0 Å². The number of halogens is 1. The van der Waals surface area contributed by atoms with Crippen LogP contribution in [0.1, 0.15) is 16.1 Å². The van der Waals surface area contributed by atoms with Crippen LogP contribution in [0.15, 0.2) is 28.6 Å². The van der Waals surface area contributed by atoms with Gasteiger partial charge in [0.2, 0.25) is 10.0 Å². The largest absolute Gasteiger partial charge is 0.316 e. The van der Waals surface area contributed by atoms with Gasteiger partial charge in [-0.1, -0.05) is 6.07 Å². The fourth-order valence-corrected chi connectivity index (χ4v) is 3.90. The second-order valence-corrected chi connectivity index (χ2v) is 7.14. The average Bonchev–Trinajstić information content (AvgIpc) is 2.84. The van der Waals surface area contributed by atoms with Gasteiger partial charge in [0.05, 0.1) is 16.1 Å². The number of hydrogen-bond donors (Lipinski definition) is 2. The maximum absolute atomic E-state index is 13.4. The van der Waals surface area contributed by atoms with Crippen LogP contribution in [0, 0.1) is 12.7 Å². The molecule has 0 saturated carbocycles. The van der Waals surface area contributed by atoms with Gasteiger partial charge in [-0.3, -0.25) is 0 Å². The molecule has 0 radical (unpaired) electrons. The summed E-state index contributed by atoms with van der Waals surface area (Å²) in [5.74, 6) is -0.579. The monoisotopic (exact) mass is 329 g/mol. The van der Waals surface area contributed by atoms with E-state index in [1.54, 1.807) is 12.6 Å². The van der Waals surface area contributed by atoms with Crippen molar-refractivity contribution in [1.29, 1.82) is 0 Å². The molecule has 0 atom stereocenters. The van der Waals surface area contributed by atoms with Crippen LogP contribution in [0.5, 0.6) is 0 Å². The van der Waals surface area contributed by atoms with Crippen LogP contribution >= 0.6 is 11.3 Å². The summed E-state index contributed by atoms with van der Waals surface area (Å²) in [5, 5.41) is 2.87. The summed E-state index contributed by atoms with van der Waals surface area (Å²) in [4.78, 5) is 4.86. The highest BCUT2D eigenvalue weighted by Crippen LogP contribution is 2.19. The summed E-state index contributed by atoms with van der Waals surface area (Å²) in [6.07, 6.45) is 0. The maximum atomic E-state index is 13.4. The van der Waals surface area contributed by atoms with E-state index < -0.39 is 15.8 Å². The van der Waals surface area contributed by atoms with Gasteiger partial charge < -0.3 is 5.32 Å². The lowest BCUT2D eigenvalue weighted by molar-refractivity contribution is 0.574. The number of nitrogens with zero attached hydrogens (tertiary/aromatic N) is 1. The van der Waals surface area contributed by atoms with Crippen LogP contribution in [0.25, 0.3) is 0 Å². The van der Waals surface area contributed by atoms with E-state index in [-0.39, 0.29) is 11.4 Å². The van der Waals surface area contributed by atoms with Gasteiger partial charge in [-0.25, -0.2) is 22.5 Å². The van der Waals surface area contributed by atoms with E-state index in [1.807, 2.05) is 6.92 Å². The van der Waals surface area contributed by atoms with Gasteiger partial charge in [-0.05, 0) is 31.7 Å². The SMILES string of the molecule is CNCc1ccc(F)cc1S(=O)(=O)NCc1scnc1C. The number of thiazole rings is 1. The van der Waals surface area contributed by atoms with Crippen LogP contribution in [-0.4, -0.2) is 20.4 Å². The number of nitrogens with one attached hydrogen (secondary N) is 2. The molecule has 0 aliphatic rings. The third kappa shape index (κ3) is 3.85. The highest BCUT2D eigenvalue weighted by atomic mass is 32.2. The Labute approximate surface area is 127 Å². The Bertz CT molecular complexity index is 729. The fourth-order valence-electron chi connectivity index (χ4n) is 1.85. The van der Waals surface area contributed by atoms with Crippen molar-refractivity contribution in [1.82, 2.24) is 15.0 Å². The van der Waals surface area contributed by atoms with E-state index in [9.17, 15) is 12.8 Å². The molecule has 2 rings (SSSR count). The first-order valence-corrected chi connectivity index (χ1v) is 8.62. The molecule has 114 valence electrons. The molecule has 2 aromatic rings. The first-order chi connectivity index (χ1) is 9.94. The molecule has 1 aromatic carbocycles. The number of benzene rings is 1. The molecule has 0 saturated heterocycles. The quantitative estimate of drug-likeness (QED) is 0.847. The molecule has 1 heterocycles. The minimum atomic E-state index is -3.78. The Balaban J connectivity index is 2.26. The van der Waals surface area contributed by atoms with Gasteiger partial charge >= 0.3 is 0 Å². The Hall–Kier alpha value is -1.35. The molecule has 21 heavy (non-hydrogen) atoms. The van der Waals surface area contributed by atoms with E-state index in [1.165, 1.54) is 23.5 Å². The van der Waals surface area contributed by atoms with Crippen molar-refractivity contribution in [2.75, 3.05) is 7.05 Å². The fraction of sp³-hybridized carbons (Fsp3) is 0.308. The molecule has 1 aromatic heterocycles. The second-order valence-electron chi connectivity index (χ2n) is 4.47. The van der Waals surface area contributed by atoms with Gasteiger partial charge in [-0.2, -0.15) is 0 Å². The van der Waals surface area contributed by atoms with Crippen LogP contribution in [0.3, 0.4) is 0 Å². The number of aryl methyl sites for hydroxylation is 1. The third-order valence-electron chi connectivity index (χ3n) is 2.95. The van der Waals surface area contributed by atoms with Crippen molar-refractivity contribution in [3.63, 3.8) is 0 Å². The first-order valence-electron chi connectivity index (χ1n) is 6.25. The molecule has 8 heteroatoms. The molecule has 2 N–H and O–H groups in total. The molecule has 0 spiro atoms. The van der Waals surface area contributed by atoms with E-state index in [0.717, 1.165) is 16.6 Å². The topological polar surface area (TPSA) is 71.1 Å². The summed E-state index contributed by atoms with van der Waals surface area (Å²) in [6, 6.07) is 3.76. The summed E-state index contributed by atoms with van der Waals surface area (Å²) in [7, 11) is -2.08. The lowest BCUT2D eigenvalue weighted by Gasteiger charge is -2.11. The number of rotatable bonds is 6. The lowest BCUT2D eigenvalue weighted by atomic mass is 10.2. The Morgan fingerprint density at radius 2 is 2.10 bits per heavy atom. The number of hydrogen-bond acceptors (Lipinski definition) is 5. The van der Waals surface area contributed by atoms with Crippen molar-refractivity contribution in [2.45, 2.75) is 24.9 Å². The lowest BCUT2D eigenvalue weighted by Crippen LogP contribution is -2.25. The summed E-state index contributed by atoms with van der Waals surface area (Å²) in [5.41, 5.74) is 2.97. The van der Waals surface area contributed by atoms with Crippen molar-refractivity contribution in [3.8, 4) is 0 Å². The Morgan fingerprint density at radius 1 is 1.33 bits per heavy atom. The van der Waals surface area contributed by atoms with Crippen molar-refractivity contribution in [3.05, 3.63) is 45.7 Å². The molecular weight excluding hydrogens is 313 g/mol. The third-order valence-corrected chi connectivity index (χ3v) is 5.37. The van der Waals surface area contributed by atoms with Crippen LogP contribution in [0.4, 0.5) is 4.39 Å². The van der Waals surface area contributed by atoms with Crippen molar-refractivity contribution in [2.24, 2.45) is 0 Å². The highest BCUT2D eigenvalue weighted by Gasteiger charge is 2.19.